The number of sulfonamides is 1. The van der Waals surface area contributed by atoms with Gasteiger partial charge in [-0.1, -0.05) is 21.8 Å². The van der Waals surface area contributed by atoms with Crippen LogP contribution >= 0.6 is 35.5 Å². The maximum Gasteiger partial charge on any atom is 0.323 e. The smallest absolute Gasteiger partial charge is 0.323 e. The van der Waals surface area contributed by atoms with Crippen molar-refractivity contribution in [3.05, 3.63) is 96.1 Å². The van der Waals surface area contributed by atoms with Crippen molar-refractivity contribution in [3.63, 3.8) is 0 Å². The fourth-order valence-corrected chi connectivity index (χ4v) is 6.98. The van der Waals surface area contributed by atoms with Gasteiger partial charge in [-0.05, 0) is 89.4 Å². The van der Waals surface area contributed by atoms with Gasteiger partial charge < -0.3 is 36.1 Å². The molecule has 4 aromatic rings. The van der Waals surface area contributed by atoms with Crippen molar-refractivity contribution in [1.29, 1.82) is 0 Å². The van der Waals surface area contributed by atoms with Crippen LogP contribution in [0.1, 0.15) is 65.8 Å². The number of hydrogen-bond acceptors (Lipinski definition) is 11. The first kappa shape index (κ1) is 60.4. The molecule has 0 saturated carbocycles. The molecule has 2 aliphatic rings. The van der Waals surface area contributed by atoms with E-state index in [9.17, 15) is 35.2 Å². The Morgan fingerprint density at radius 2 is 1.17 bits per heavy atom. The van der Waals surface area contributed by atoms with E-state index in [0.29, 0.717) is 42.2 Å². The highest BCUT2D eigenvalue weighted by atomic mass is 35.7. The average Bonchev–Trinajstić information content (AvgIpc) is 3.20. The van der Waals surface area contributed by atoms with Gasteiger partial charge in [0.25, 0.3) is 0 Å². The fraction of sp³-hybridized carbons (Fsp3) is 0.429. The van der Waals surface area contributed by atoms with Gasteiger partial charge in [-0.3, -0.25) is 9.97 Å². The minimum Gasteiger partial charge on any atom is -0.489 e. The van der Waals surface area contributed by atoms with Gasteiger partial charge in [0.15, 0.2) is 0 Å². The monoisotopic (exact) mass is 1010 g/mol. The largest absolute Gasteiger partial charge is 0.489 e. The lowest BCUT2D eigenvalue weighted by molar-refractivity contribution is 0.129. The number of benzene rings is 2. The summed E-state index contributed by atoms with van der Waals surface area (Å²) in [5, 5.41) is 13.7. The summed E-state index contributed by atoms with van der Waals surface area (Å²) >= 11 is 0. The van der Waals surface area contributed by atoms with Gasteiger partial charge >= 0.3 is 12.1 Å². The predicted octanol–water partition coefficient (Wildman–Crippen LogP) is 9.36. The molecule has 65 heavy (non-hydrogen) atoms. The van der Waals surface area contributed by atoms with Crippen LogP contribution in [0.3, 0.4) is 0 Å². The van der Waals surface area contributed by atoms with Crippen LogP contribution in [0.25, 0.3) is 0 Å². The molecular weight excluding hydrogens is 953 g/mol. The standard InChI is InChI=1S/C20H25FN4O4S.C18H21FN4O2.C2H5ClO2S.2CH4.2ClH/c1-3-30(27,28)25-8-4-5-18(13-25)29-19-10-15(21)9-17(11-19)24-20(26)23-16-7-6-14(2)22-12-16;1-12-4-5-14(10-21-12)22-18(24)23-15-7-13(19)8-17(9-15)25-16-3-2-6-20-11-16;1-2-6(3,4)5;;;;/h6-7,9-12,18H,3-5,8,13H2,1-2H3,(H2,23,24,26);4-5,7-10,16,20H,2-3,6,11H2,1H3,(H2,22,23,24);2H2,1H3;2*1H4;2*1H/t18-;16-;;;;;/m00...../s1. The first-order chi connectivity index (χ1) is 28.9. The molecule has 23 heteroatoms. The highest BCUT2D eigenvalue weighted by Gasteiger charge is 2.29. The zero-order valence-corrected chi connectivity index (χ0v) is 39.1. The molecule has 0 bridgehead atoms. The van der Waals surface area contributed by atoms with Crippen molar-refractivity contribution in [2.75, 3.05) is 59.0 Å². The van der Waals surface area contributed by atoms with Gasteiger partial charge in [0.2, 0.25) is 19.1 Å². The number of aryl methyl sites for hydroxylation is 2. The molecule has 2 aromatic heterocycles. The number of pyridine rings is 2. The summed E-state index contributed by atoms with van der Waals surface area (Å²) in [6.45, 7) is 9.17. The van der Waals surface area contributed by atoms with Crippen molar-refractivity contribution in [1.82, 2.24) is 19.6 Å². The van der Waals surface area contributed by atoms with Gasteiger partial charge in [-0.25, -0.2) is 35.2 Å². The number of nitrogens with zero attached hydrogens (tertiary/aromatic N) is 3. The van der Waals surface area contributed by atoms with Gasteiger partial charge in [0.05, 0.1) is 41.8 Å². The molecule has 364 valence electrons. The number of hydrogen-bond donors (Lipinski definition) is 5. The molecule has 0 aliphatic carbocycles. The number of carbonyl (C=O) groups excluding carboxylic acids is 2. The van der Waals surface area contributed by atoms with E-state index in [-0.39, 0.29) is 81.4 Å². The third-order valence-electron chi connectivity index (χ3n) is 8.90. The number of nitrogens with one attached hydrogen (secondary N) is 5. The quantitative estimate of drug-likeness (QED) is 0.0894. The maximum absolute atomic E-state index is 14.1. The third-order valence-corrected chi connectivity index (χ3v) is 12.1. The number of carbonyl (C=O) groups is 2. The van der Waals surface area contributed by atoms with Crippen LogP contribution < -0.4 is 36.1 Å². The molecule has 2 aliphatic heterocycles. The van der Waals surface area contributed by atoms with Crippen LogP contribution in [0, 0.1) is 25.5 Å². The zero-order valence-electron chi connectivity index (χ0n) is 35.0. The summed E-state index contributed by atoms with van der Waals surface area (Å²) in [5.41, 5.74) is 3.29. The van der Waals surface area contributed by atoms with Crippen LogP contribution in [0.4, 0.5) is 41.1 Å². The molecule has 5 N–H and O–H groups in total. The van der Waals surface area contributed by atoms with E-state index in [1.54, 1.807) is 43.5 Å². The molecule has 4 amide bonds. The lowest BCUT2D eigenvalue weighted by Gasteiger charge is -2.32. The Balaban J connectivity index is 0.00000107. The molecule has 2 aromatic carbocycles. The van der Waals surface area contributed by atoms with Crippen LogP contribution in [-0.2, 0) is 19.1 Å². The van der Waals surface area contributed by atoms with Gasteiger partial charge in [-0.15, -0.1) is 24.8 Å². The molecule has 4 heterocycles. The Kier molecular flexibility index (Phi) is 27.1. The molecule has 6 rings (SSSR count). The second kappa shape index (κ2) is 29.1. The Morgan fingerprint density at radius 1 is 0.723 bits per heavy atom. The molecule has 2 atom stereocenters. The van der Waals surface area contributed by atoms with Crippen LogP contribution in [-0.4, -0.2) is 93.1 Å². The first-order valence-electron chi connectivity index (χ1n) is 19.5. The summed E-state index contributed by atoms with van der Waals surface area (Å²) in [6.07, 6.45) is 5.98. The maximum atomic E-state index is 14.1. The number of piperidine rings is 2. The van der Waals surface area contributed by atoms with Gasteiger partial charge in [0, 0.05) is 70.8 Å². The predicted molar refractivity (Wildman–Crippen MR) is 261 cm³/mol. The third kappa shape index (κ3) is 22.5. The van der Waals surface area contributed by atoms with Gasteiger partial charge in [0.1, 0.15) is 35.3 Å². The SMILES string of the molecule is C.C.CCS(=O)(=O)Cl.CCS(=O)(=O)N1CCC[C@H](Oc2cc(F)cc(NC(=O)Nc3ccc(C)nc3)c2)C1.Cc1ccc(NC(=O)Nc2cc(F)cc(O[C@H]3CCCNC3)c2)cn1.Cl.Cl. The number of rotatable bonds is 11. The van der Waals surface area contributed by atoms with Crippen LogP contribution in [0.2, 0.25) is 0 Å². The Bertz CT molecular complexity index is 2300. The molecule has 16 nitrogen and oxygen atoms in total. The molecular formula is C42H61Cl3F2N8O8S2. The first-order valence-corrected chi connectivity index (χ1v) is 23.5. The molecule has 0 unspecified atom stereocenters. The number of aromatic nitrogens is 2. The van der Waals surface area contributed by atoms with Crippen molar-refractivity contribution in [2.45, 2.75) is 80.4 Å². The zero-order chi connectivity index (χ0) is 44.6. The normalized spacial score (nSPS) is 15.6. The van der Waals surface area contributed by atoms with Gasteiger partial charge in [-0.2, -0.15) is 4.31 Å². The van der Waals surface area contributed by atoms with E-state index in [2.05, 4.69) is 47.2 Å². The summed E-state index contributed by atoms with van der Waals surface area (Å²) < 4.78 is 84.7. The Labute approximate surface area is 398 Å². The van der Waals surface area contributed by atoms with E-state index in [1.807, 2.05) is 13.8 Å². The highest BCUT2D eigenvalue weighted by molar-refractivity contribution is 8.13. The summed E-state index contributed by atoms with van der Waals surface area (Å²) in [7, 11) is -1.80. The lowest BCUT2D eigenvalue weighted by Crippen LogP contribution is -2.44. The number of urea groups is 2. The number of amides is 4. The summed E-state index contributed by atoms with van der Waals surface area (Å²) in [5.74, 6) is -0.375. The molecule has 0 spiro atoms. The minimum absolute atomic E-state index is 0. The topological polar surface area (TPSA) is 210 Å². The summed E-state index contributed by atoms with van der Waals surface area (Å²) in [6, 6.07) is 14.1. The molecule has 2 fully saturated rings. The van der Waals surface area contributed by atoms with Crippen LogP contribution in [0.5, 0.6) is 11.5 Å². The van der Waals surface area contributed by atoms with Crippen molar-refractivity contribution in [2.24, 2.45) is 0 Å². The van der Waals surface area contributed by atoms with Crippen LogP contribution in [0.15, 0.2) is 73.1 Å². The number of anilines is 4. The van der Waals surface area contributed by atoms with E-state index in [1.165, 1.54) is 47.8 Å². The second-order valence-corrected chi connectivity index (χ2v) is 19.3. The summed E-state index contributed by atoms with van der Waals surface area (Å²) in [4.78, 5) is 32.4. The molecule has 2 saturated heterocycles. The van der Waals surface area contributed by atoms with Crippen molar-refractivity contribution < 1.29 is 44.7 Å². The number of ether oxygens (including phenoxy) is 2. The minimum atomic E-state index is -3.30. The van der Waals surface area contributed by atoms with E-state index in [4.69, 9.17) is 9.47 Å². The average molecular weight is 1010 g/mol. The van der Waals surface area contributed by atoms with E-state index >= 15 is 0 Å². The second-order valence-electron chi connectivity index (χ2n) is 13.9. The number of halogens is 5. The van der Waals surface area contributed by atoms with E-state index in [0.717, 1.165) is 37.3 Å². The Morgan fingerprint density at radius 3 is 1.57 bits per heavy atom. The Hall–Kier alpha value is -4.57. The highest BCUT2D eigenvalue weighted by Crippen LogP contribution is 2.26. The lowest BCUT2D eigenvalue weighted by atomic mass is 10.1. The fourth-order valence-electron chi connectivity index (χ4n) is 5.82. The van der Waals surface area contributed by atoms with Crippen molar-refractivity contribution >= 4 is 89.4 Å². The van der Waals surface area contributed by atoms with E-state index < -0.39 is 42.8 Å². The molecule has 0 radical (unpaired) electrons. The van der Waals surface area contributed by atoms with Crippen molar-refractivity contribution in [3.8, 4) is 11.5 Å².